The summed E-state index contributed by atoms with van der Waals surface area (Å²) in [5.74, 6) is 0. The van der Waals surface area contributed by atoms with Gasteiger partial charge in [-0.2, -0.15) is 0 Å². The van der Waals surface area contributed by atoms with Crippen molar-refractivity contribution in [3.63, 3.8) is 0 Å². The molecule has 0 amide bonds. The third kappa shape index (κ3) is 5.30. The van der Waals surface area contributed by atoms with Gasteiger partial charge in [0.15, 0.2) is 0 Å². The molecule has 0 bridgehead atoms. The van der Waals surface area contributed by atoms with Crippen molar-refractivity contribution in [1.29, 1.82) is 0 Å². The van der Waals surface area contributed by atoms with E-state index >= 15 is 0 Å². The Bertz CT molecular complexity index is 674. The van der Waals surface area contributed by atoms with Gasteiger partial charge in [-0.15, -0.1) is 0 Å². The summed E-state index contributed by atoms with van der Waals surface area (Å²) in [7, 11) is 1.71. The Kier molecular flexibility index (Phi) is 7.38. The minimum atomic E-state index is -0.0796. The standard InChI is InChI=1S/C21H20.C5H12O/c1-2-21(18-12-6-3-7-13-18,19-14-8-4-9-15-19)20-16-10-5-11-17-20;1-5(2,3)6-4/h3-17H,2H2,1H3;1-4H3. The maximum Gasteiger partial charge on any atom is 0.0594 e. The molecule has 0 radical (unpaired) electrons. The molecule has 27 heavy (non-hydrogen) atoms. The lowest BCUT2D eigenvalue weighted by Crippen LogP contribution is -2.28. The van der Waals surface area contributed by atoms with Crippen LogP contribution >= 0.6 is 0 Å². The molecule has 0 unspecified atom stereocenters. The Labute approximate surface area is 165 Å². The van der Waals surface area contributed by atoms with Crippen molar-refractivity contribution in [2.75, 3.05) is 7.11 Å². The Balaban J connectivity index is 0.000000380. The second-order valence-electron chi connectivity index (χ2n) is 7.67. The maximum absolute atomic E-state index is 4.94. The summed E-state index contributed by atoms with van der Waals surface area (Å²) < 4.78 is 4.94. The monoisotopic (exact) mass is 360 g/mol. The number of hydrogen-bond acceptors (Lipinski definition) is 1. The average molecular weight is 361 g/mol. The maximum atomic E-state index is 4.94. The number of methoxy groups -OCH3 is 1. The molecular formula is C26H32O. The molecule has 3 rings (SSSR count). The molecule has 0 aliphatic heterocycles. The lowest BCUT2D eigenvalue weighted by molar-refractivity contribution is 0.0397. The second kappa shape index (κ2) is 9.53. The molecular weight excluding hydrogens is 328 g/mol. The van der Waals surface area contributed by atoms with Crippen molar-refractivity contribution in [2.45, 2.75) is 45.1 Å². The van der Waals surface area contributed by atoms with E-state index in [0.29, 0.717) is 0 Å². The second-order valence-corrected chi connectivity index (χ2v) is 7.67. The van der Waals surface area contributed by atoms with Crippen LogP contribution in [0.3, 0.4) is 0 Å². The molecule has 0 aromatic heterocycles. The first kappa shape index (κ1) is 20.9. The highest BCUT2D eigenvalue weighted by Gasteiger charge is 2.33. The van der Waals surface area contributed by atoms with Crippen LogP contribution in [-0.2, 0) is 10.2 Å². The predicted molar refractivity (Wildman–Crippen MR) is 116 cm³/mol. The van der Waals surface area contributed by atoms with Crippen molar-refractivity contribution < 1.29 is 4.74 Å². The van der Waals surface area contributed by atoms with Crippen LogP contribution in [-0.4, -0.2) is 12.7 Å². The first-order valence-electron chi connectivity index (χ1n) is 9.66. The van der Waals surface area contributed by atoms with Gasteiger partial charge < -0.3 is 4.74 Å². The van der Waals surface area contributed by atoms with Crippen LogP contribution in [0.1, 0.15) is 50.8 Å². The summed E-state index contributed by atoms with van der Waals surface area (Å²) in [5, 5.41) is 0. The third-order valence-electron chi connectivity index (χ3n) is 4.94. The molecule has 0 saturated heterocycles. The van der Waals surface area contributed by atoms with E-state index in [0.717, 1.165) is 6.42 Å². The lowest BCUT2D eigenvalue weighted by atomic mass is 9.68. The normalized spacial score (nSPS) is 11.4. The topological polar surface area (TPSA) is 9.23 Å². The summed E-state index contributed by atoms with van der Waals surface area (Å²) in [6, 6.07) is 32.5. The van der Waals surface area contributed by atoms with Crippen molar-refractivity contribution in [3.05, 3.63) is 108 Å². The molecule has 1 heteroatoms. The van der Waals surface area contributed by atoms with E-state index in [1.54, 1.807) is 7.11 Å². The van der Waals surface area contributed by atoms with E-state index < -0.39 is 0 Å². The summed E-state index contributed by atoms with van der Waals surface area (Å²) in [4.78, 5) is 0. The van der Waals surface area contributed by atoms with Gasteiger partial charge in [-0.25, -0.2) is 0 Å². The SMILES string of the molecule is CCC(c1ccccc1)(c1ccccc1)c1ccccc1.COC(C)(C)C. The molecule has 0 saturated carbocycles. The zero-order chi connectivity index (χ0) is 19.8. The molecule has 0 aliphatic carbocycles. The lowest BCUT2D eigenvalue weighted by Gasteiger charge is -2.35. The zero-order valence-corrected chi connectivity index (χ0v) is 17.3. The highest BCUT2D eigenvalue weighted by Crippen LogP contribution is 2.41. The number of benzene rings is 3. The van der Waals surface area contributed by atoms with Crippen LogP contribution in [0, 0.1) is 0 Å². The van der Waals surface area contributed by atoms with E-state index in [-0.39, 0.29) is 11.0 Å². The van der Waals surface area contributed by atoms with Gasteiger partial charge in [0.2, 0.25) is 0 Å². The number of ether oxygens (including phenoxy) is 1. The fourth-order valence-electron chi connectivity index (χ4n) is 3.28. The van der Waals surface area contributed by atoms with E-state index in [1.165, 1.54) is 16.7 Å². The molecule has 0 spiro atoms. The Morgan fingerprint density at radius 3 is 1.04 bits per heavy atom. The first-order chi connectivity index (χ1) is 12.9. The predicted octanol–water partition coefficient (Wildman–Crippen LogP) is 6.86. The molecule has 142 valence electrons. The van der Waals surface area contributed by atoms with E-state index in [1.807, 2.05) is 20.8 Å². The van der Waals surface area contributed by atoms with Gasteiger partial charge in [-0.1, -0.05) is 97.9 Å². The Morgan fingerprint density at radius 2 is 0.852 bits per heavy atom. The number of hydrogen-bond donors (Lipinski definition) is 0. The highest BCUT2D eigenvalue weighted by molar-refractivity contribution is 5.49. The van der Waals surface area contributed by atoms with Crippen molar-refractivity contribution in [3.8, 4) is 0 Å². The summed E-state index contributed by atoms with van der Waals surface area (Å²) >= 11 is 0. The van der Waals surface area contributed by atoms with Crippen LogP contribution in [0.5, 0.6) is 0 Å². The molecule has 3 aromatic rings. The Morgan fingerprint density at radius 1 is 0.593 bits per heavy atom. The number of rotatable bonds is 4. The smallest absolute Gasteiger partial charge is 0.0594 e. The van der Waals surface area contributed by atoms with E-state index in [9.17, 15) is 0 Å². The summed E-state index contributed by atoms with van der Waals surface area (Å²) in [6.07, 6.45) is 1.03. The fourth-order valence-corrected chi connectivity index (χ4v) is 3.28. The molecule has 0 heterocycles. The molecule has 3 aromatic carbocycles. The minimum absolute atomic E-state index is 0.0417. The van der Waals surface area contributed by atoms with Crippen molar-refractivity contribution >= 4 is 0 Å². The molecule has 0 N–H and O–H groups in total. The van der Waals surface area contributed by atoms with Crippen LogP contribution < -0.4 is 0 Å². The molecule has 1 nitrogen and oxygen atoms in total. The van der Waals surface area contributed by atoms with Crippen LogP contribution in [0.15, 0.2) is 91.0 Å². The molecule has 0 atom stereocenters. The Hall–Kier alpha value is -2.38. The zero-order valence-electron chi connectivity index (χ0n) is 17.3. The minimum Gasteiger partial charge on any atom is -0.379 e. The molecule has 0 fully saturated rings. The molecule has 0 aliphatic rings. The van der Waals surface area contributed by atoms with Gasteiger partial charge >= 0.3 is 0 Å². The van der Waals surface area contributed by atoms with E-state index in [2.05, 4.69) is 97.9 Å². The van der Waals surface area contributed by atoms with Crippen LogP contribution in [0.2, 0.25) is 0 Å². The van der Waals surface area contributed by atoms with Crippen LogP contribution in [0.25, 0.3) is 0 Å². The van der Waals surface area contributed by atoms with Crippen LogP contribution in [0.4, 0.5) is 0 Å². The van der Waals surface area contributed by atoms with Gasteiger partial charge in [0.05, 0.1) is 5.60 Å². The van der Waals surface area contributed by atoms with Gasteiger partial charge in [0.25, 0.3) is 0 Å². The highest BCUT2D eigenvalue weighted by atomic mass is 16.5. The van der Waals surface area contributed by atoms with Gasteiger partial charge in [0.1, 0.15) is 0 Å². The van der Waals surface area contributed by atoms with Gasteiger partial charge in [-0.3, -0.25) is 0 Å². The first-order valence-corrected chi connectivity index (χ1v) is 9.66. The quantitative estimate of drug-likeness (QED) is 0.462. The van der Waals surface area contributed by atoms with Crippen molar-refractivity contribution in [1.82, 2.24) is 0 Å². The average Bonchev–Trinajstić information content (AvgIpc) is 2.71. The summed E-state index contributed by atoms with van der Waals surface area (Å²) in [6.45, 7) is 8.33. The largest absolute Gasteiger partial charge is 0.379 e. The van der Waals surface area contributed by atoms with Gasteiger partial charge in [-0.05, 0) is 43.9 Å². The van der Waals surface area contributed by atoms with Crippen molar-refractivity contribution in [2.24, 2.45) is 0 Å². The third-order valence-corrected chi connectivity index (χ3v) is 4.94. The van der Waals surface area contributed by atoms with Gasteiger partial charge in [0, 0.05) is 12.5 Å². The summed E-state index contributed by atoms with van der Waals surface area (Å²) in [5.41, 5.74) is 4.02. The van der Waals surface area contributed by atoms with E-state index in [4.69, 9.17) is 4.74 Å². The fraction of sp³-hybridized carbons (Fsp3) is 0.308.